The lowest BCUT2D eigenvalue weighted by atomic mass is 9.80. The zero-order chi connectivity index (χ0) is 15.2. The molecular weight excluding hydrogens is 284 g/mol. The number of ether oxygens (including phenoxy) is 1. The Hall–Kier alpha value is -0.860. The summed E-state index contributed by atoms with van der Waals surface area (Å²) in [6.07, 6.45) is 2.51. The van der Waals surface area contributed by atoms with Crippen LogP contribution in [0.4, 0.5) is 4.79 Å². The standard InChI is InChI=1S/C12H24N2O5S/c1-9(2)19-12(16)14-20(17,18)13-7-10-5-3-4-6-11(10)8-15/h9-11,13,15H,3-8H2,1-2H3,(H,14,16). The topological polar surface area (TPSA) is 105 Å². The highest BCUT2D eigenvalue weighted by atomic mass is 32.2. The number of rotatable bonds is 6. The molecule has 0 heterocycles. The first-order chi connectivity index (χ1) is 9.34. The van der Waals surface area contributed by atoms with E-state index in [0.717, 1.165) is 25.7 Å². The van der Waals surface area contributed by atoms with Crippen molar-refractivity contribution in [2.24, 2.45) is 11.8 Å². The number of aliphatic hydroxyl groups excluding tert-OH is 1. The largest absolute Gasteiger partial charge is 0.446 e. The molecule has 1 rings (SSSR count). The van der Waals surface area contributed by atoms with Crippen LogP contribution in [0.3, 0.4) is 0 Å². The van der Waals surface area contributed by atoms with Crippen LogP contribution in [0.1, 0.15) is 39.5 Å². The number of aliphatic hydroxyl groups is 1. The summed E-state index contributed by atoms with van der Waals surface area (Å²) < 4.78 is 32.2. The quantitative estimate of drug-likeness (QED) is 0.672. The Morgan fingerprint density at radius 3 is 2.45 bits per heavy atom. The lowest BCUT2D eigenvalue weighted by molar-refractivity contribution is 0.121. The Morgan fingerprint density at radius 2 is 1.90 bits per heavy atom. The highest BCUT2D eigenvalue weighted by Crippen LogP contribution is 2.29. The van der Waals surface area contributed by atoms with E-state index in [1.807, 2.05) is 0 Å². The molecule has 0 spiro atoms. The summed E-state index contributed by atoms with van der Waals surface area (Å²) >= 11 is 0. The second kappa shape index (κ2) is 7.80. The predicted molar refractivity (Wildman–Crippen MR) is 74.2 cm³/mol. The first kappa shape index (κ1) is 17.2. The molecule has 1 aliphatic rings. The van der Waals surface area contributed by atoms with Gasteiger partial charge in [-0.05, 0) is 38.5 Å². The number of hydrogen-bond donors (Lipinski definition) is 3. The van der Waals surface area contributed by atoms with E-state index in [4.69, 9.17) is 4.74 Å². The Labute approximate surface area is 120 Å². The fourth-order valence-corrected chi connectivity index (χ4v) is 3.17. The molecule has 0 aliphatic heterocycles. The summed E-state index contributed by atoms with van der Waals surface area (Å²) in [5.74, 6) is 0.223. The molecule has 0 saturated heterocycles. The molecule has 118 valence electrons. The van der Waals surface area contributed by atoms with Crippen molar-refractivity contribution in [1.82, 2.24) is 9.44 Å². The molecule has 20 heavy (non-hydrogen) atoms. The minimum Gasteiger partial charge on any atom is -0.446 e. The third-order valence-electron chi connectivity index (χ3n) is 3.40. The summed E-state index contributed by atoms with van der Waals surface area (Å²) in [6, 6.07) is 0. The van der Waals surface area contributed by atoms with Gasteiger partial charge in [-0.1, -0.05) is 12.8 Å². The van der Waals surface area contributed by atoms with Crippen molar-refractivity contribution in [3.63, 3.8) is 0 Å². The Bertz CT molecular complexity index is 410. The van der Waals surface area contributed by atoms with Gasteiger partial charge in [0.15, 0.2) is 0 Å². The average molecular weight is 308 g/mol. The van der Waals surface area contributed by atoms with E-state index in [9.17, 15) is 18.3 Å². The molecule has 3 N–H and O–H groups in total. The molecule has 7 nitrogen and oxygen atoms in total. The van der Waals surface area contributed by atoms with Crippen molar-refractivity contribution < 1.29 is 23.1 Å². The van der Waals surface area contributed by atoms with Crippen LogP contribution >= 0.6 is 0 Å². The van der Waals surface area contributed by atoms with Gasteiger partial charge in [0.25, 0.3) is 0 Å². The van der Waals surface area contributed by atoms with Gasteiger partial charge in [0.1, 0.15) is 0 Å². The zero-order valence-corrected chi connectivity index (χ0v) is 12.8. The first-order valence-electron chi connectivity index (χ1n) is 6.93. The molecule has 8 heteroatoms. The molecular formula is C12H24N2O5S. The van der Waals surface area contributed by atoms with Crippen molar-refractivity contribution in [1.29, 1.82) is 0 Å². The Balaban J connectivity index is 2.44. The lowest BCUT2D eigenvalue weighted by Crippen LogP contribution is -2.44. The monoisotopic (exact) mass is 308 g/mol. The van der Waals surface area contributed by atoms with Crippen LogP contribution in [0.2, 0.25) is 0 Å². The zero-order valence-electron chi connectivity index (χ0n) is 12.0. The minimum absolute atomic E-state index is 0.0647. The van der Waals surface area contributed by atoms with E-state index in [2.05, 4.69) is 4.72 Å². The van der Waals surface area contributed by atoms with Crippen LogP contribution in [-0.4, -0.2) is 38.9 Å². The van der Waals surface area contributed by atoms with E-state index in [-0.39, 0.29) is 31.1 Å². The van der Waals surface area contributed by atoms with Gasteiger partial charge in [-0.15, -0.1) is 0 Å². The normalized spacial score (nSPS) is 23.6. The van der Waals surface area contributed by atoms with Crippen LogP contribution in [0.25, 0.3) is 0 Å². The number of carbonyl (C=O) groups is 1. The van der Waals surface area contributed by atoms with E-state index in [1.165, 1.54) is 0 Å². The number of amides is 1. The van der Waals surface area contributed by atoms with Crippen molar-refractivity contribution >= 4 is 16.3 Å². The summed E-state index contributed by atoms with van der Waals surface area (Å²) in [5, 5.41) is 9.27. The SMILES string of the molecule is CC(C)OC(=O)NS(=O)(=O)NCC1CCCCC1CO. The van der Waals surface area contributed by atoms with Gasteiger partial charge in [-0.2, -0.15) is 13.1 Å². The molecule has 2 unspecified atom stereocenters. The maximum absolute atomic E-state index is 11.7. The van der Waals surface area contributed by atoms with Gasteiger partial charge in [-0.25, -0.2) is 9.52 Å². The van der Waals surface area contributed by atoms with Gasteiger partial charge in [0.05, 0.1) is 6.10 Å². The first-order valence-corrected chi connectivity index (χ1v) is 8.41. The number of carbonyl (C=O) groups excluding carboxylic acids is 1. The van der Waals surface area contributed by atoms with Crippen LogP contribution in [-0.2, 0) is 14.9 Å². The van der Waals surface area contributed by atoms with Crippen molar-refractivity contribution in [2.75, 3.05) is 13.2 Å². The lowest BCUT2D eigenvalue weighted by Gasteiger charge is -2.30. The van der Waals surface area contributed by atoms with Crippen LogP contribution < -0.4 is 9.44 Å². The summed E-state index contributed by atoms with van der Waals surface area (Å²) in [7, 11) is -3.91. The maximum atomic E-state index is 11.7. The van der Waals surface area contributed by atoms with Gasteiger partial charge < -0.3 is 9.84 Å². The van der Waals surface area contributed by atoms with Crippen LogP contribution in [0.5, 0.6) is 0 Å². The van der Waals surface area contributed by atoms with Gasteiger partial charge >= 0.3 is 16.3 Å². The second-order valence-corrected chi connectivity index (χ2v) is 6.89. The molecule has 0 aromatic heterocycles. The molecule has 1 amide bonds. The summed E-state index contributed by atoms with van der Waals surface area (Å²) in [5.41, 5.74) is 0. The minimum atomic E-state index is -3.91. The van der Waals surface area contributed by atoms with Crippen LogP contribution in [0.15, 0.2) is 0 Å². The third kappa shape index (κ3) is 6.06. The van der Waals surface area contributed by atoms with E-state index < -0.39 is 16.3 Å². The predicted octanol–water partition coefficient (Wildman–Crippen LogP) is 0.754. The molecule has 0 bridgehead atoms. The average Bonchev–Trinajstić information content (AvgIpc) is 2.35. The molecule has 2 atom stereocenters. The fourth-order valence-electron chi connectivity index (χ4n) is 2.39. The van der Waals surface area contributed by atoms with Crippen molar-refractivity contribution in [3.05, 3.63) is 0 Å². The van der Waals surface area contributed by atoms with Crippen molar-refractivity contribution in [2.45, 2.75) is 45.6 Å². The second-order valence-electron chi connectivity index (χ2n) is 5.40. The highest BCUT2D eigenvalue weighted by Gasteiger charge is 2.26. The molecule has 1 aliphatic carbocycles. The van der Waals surface area contributed by atoms with Crippen LogP contribution in [0, 0.1) is 11.8 Å². The number of hydrogen-bond acceptors (Lipinski definition) is 5. The van der Waals surface area contributed by atoms with E-state index in [0.29, 0.717) is 0 Å². The molecule has 0 aromatic carbocycles. The fraction of sp³-hybridized carbons (Fsp3) is 0.917. The van der Waals surface area contributed by atoms with E-state index >= 15 is 0 Å². The molecule has 0 radical (unpaired) electrons. The molecule has 0 aromatic rings. The van der Waals surface area contributed by atoms with E-state index in [1.54, 1.807) is 18.6 Å². The highest BCUT2D eigenvalue weighted by molar-refractivity contribution is 7.88. The van der Waals surface area contributed by atoms with Gasteiger partial charge in [-0.3, -0.25) is 0 Å². The maximum Gasteiger partial charge on any atom is 0.422 e. The van der Waals surface area contributed by atoms with Gasteiger partial charge in [0, 0.05) is 13.2 Å². The summed E-state index contributed by atoms with van der Waals surface area (Å²) in [4.78, 5) is 11.2. The molecule has 1 fully saturated rings. The smallest absolute Gasteiger partial charge is 0.422 e. The summed E-state index contributed by atoms with van der Waals surface area (Å²) in [6.45, 7) is 3.55. The van der Waals surface area contributed by atoms with Crippen molar-refractivity contribution in [3.8, 4) is 0 Å². The third-order valence-corrected chi connectivity index (χ3v) is 4.38. The number of nitrogens with one attached hydrogen (secondary N) is 2. The van der Waals surface area contributed by atoms with Gasteiger partial charge in [0.2, 0.25) is 0 Å². The Kier molecular flexibility index (Phi) is 6.70. The Morgan fingerprint density at radius 1 is 1.30 bits per heavy atom. The molecule has 1 saturated carbocycles.